The number of nitrogens with zero attached hydrogens (tertiary/aromatic N) is 1. The van der Waals surface area contributed by atoms with Gasteiger partial charge in [0, 0.05) is 11.1 Å². The monoisotopic (exact) mass is 373 g/mol. The van der Waals surface area contributed by atoms with Crippen molar-refractivity contribution in [1.82, 2.24) is 0 Å². The second kappa shape index (κ2) is 9.34. The van der Waals surface area contributed by atoms with E-state index in [1.165, 1.54) is 37.5 Å². The largest absolute Gasteiger partial charge is 0.497 e. The van der Waals surface area contributed by atoms with Crippen LogP contribution in [-0.2, 0) is 0 Å². The van der Waals surface area contributed by atoms with Gasteiger partial charge in [0.05, 0.1) is 13.7 Å². The van der Waals surface area contributed by atoms with Gasteiger partial charge < -0.3 is 14.2 Å². The van der Waals surface area contributed by atoms with Gasteiger partial charge in [-0.25, -0.2) is 0 Å². The second-order valence-corrected chi connectivity index (χ2v) is 5.21. The zero-order valence-electron chi connectivity index (χ0n) is 14.7. The summed E-state index contributed by atoms with van der Waals surface area (Å²) in [4.78, 5) is 12.6. The number of halogens is 2. The Morgan fingerprint density at radius 1 is 1.22 bits per heavy atom. The summed E-state index contributed by atoms with van der Waals surface area (Å²) in [6, 6.07) is 12.5. The predicted molar refractivity (Wildman–Crippen MR) is 95.2 cm³/mol. The van der Waals surface area contributed by atoms with Gasteiger partial charge in [0.2, 0.25) is 5.78 Å². The standard InChI is InChI=1S/C20H17F2NO4/c1-3-26-17-6-4-5-14(19(17)27-20(21)22)11-15(12-23)18(24)13-7-9-16(25-2)10-8-13/h4-11,20H,3H2,1-2H3/b15-11+. The smallest absolute Gasteiger partial charge is 0.387 e. The first-order valence-electron chi connectivity index (χ1n) is 8.01. The second-order valence-electron chi connectivity index (χ2n) is 5.21. The van der Waals surface area contributed by atoms with E-state index < -0.39 is 12.4 Å². The lowest BCUT2D eigenvalue weighted by Crippen LogP contribution is -2.07. The van der Waals surface area contributed by atoms with E-state index >= 15 is 0 Å². The van der Waals surface area contributed by atoms with Gasteiger partial charge in [0.1, 0.15) is 17.4 Å². The molecule has 140 valence electrons. The van der Waals surface area contributed by atoms with Crippen molar-refractivity contribution in [2.75, 3.05) is 13.7 Å². The molecule has 0 saturated heterocycles. The fourth-order valence-electron chi connectivity index (χ4n) is 2.33. The van der Waals surface area contributed by atoms with Gasteiger partial charge in [0.15, 0.2) is 11.5 Å². The van der Waals surface area contributed by atoms with E-state index in [1.807, 2.05) is 0 Å². The molecule has 0 radical (unpaired) electrons. The number of nitriles is 1. The van der Waals surface area contributed by atoms with Crippen molar-refractivity contribution in [1.29, 1.82) is 5.26 Å². The summed E-state index contributed by atoms with van der Waals surface area (Å²) in [5.41, 5.74) is 0.175. The Hall–Kier alpha value is -3.40. The molecule has 0 saturated carbocycles. The molecule has 0 aromatic heterocycles. The Balaban J connectivity index is 2.45. The number of allylic oxidation sites excluding steroid dienone is 1. The van der Waals surface area contributed by atoms with E-state index in [4.69, 9.17) is 9.47 Å². The number of hydrogen-bond acceptors (Lipinski definition) is 5. The SMILES string of the molecule is CCOc1cccc(/C=C(\C#N)C(=O)c2ccc(OC)cc2)c1OC(F)F. The van der Waals surface area contributed by atoms with E-state index in [1.54, 1.807) is 31.2 Å². The predicted octanol–water partition coefficient (Wildman–Crippen LogP) is 4.49. The summed E-state index contributed by atoms with van der Waals surface area (Å²) in [5.74, 6) is -0.124. The molecular formula is C20H17F2NO4. The van der Waals surface area contributed by atoms with Crippen molar-refractivity contribution in [3.63, 3.8) is 0 Å². The summed E-state index contributed by atoms with van der Waals surface area (Å²) in [6.45, 7) is -1.15. The molecule has 0 N–H and O–H groups in total. The summed E-state index contributed by atoms with van der Waals surface area (Å²) in [7, 11) is 1.49. The molecular weight excluding hydrogens is 356 g/mol. The molecule has 0 aliphatic carbocycles. The van der Waals surface area contributed by atoms with Crippen LogP contribution in [0.2, 0.25) is 0 Å². The summed E-state index contributed by atoms with van der Waals surface area (Å²) in [5, 5.41) is 9.38. The van der Waals surface area contributed by atoms with Crippen molar-refractivity contribution in [2.24, 2.45) is 0 Å². The van der Waals surface area contributed by atoms with Gasteiger partial charge in [0.25, 0.3) is 0 Å². The summed E-state index contributed by atoms with van der Waals surface area (Å²) >= 11 is 0. The van der Waals surface area contributed by atoms with Gasteiger partial charge >= 0.3 is 6.61 Å². The minimum Gasteiger partial charge on any atom is -0.497 e. The van der Waals surface area contributed by atoms with Gasteiger partial charge in [-0.05, 0) is 43.3 Å². The molecule has 0 aliphatic rings. The van der Waals surface area contributed by atoms with E-state index in [2.05, 4.69) is 4.74 Å². The van der Waals surface area contributed by atoms with Crippen LogP contribution in [0.25, 0.3) is 6.08 Å². The van der Waals surface area contributed by atoms with Gasteiger partial charge in [-0.15, -0.1) is 0 Å². The van der Waals surface area contributed by atoms with Crippen molar-refractivity contribution in [3.05, 3.63) is 59.2 Å². The fraction of sp³-hybridized carbons (Fsp3) is 0.200. The Bertz CT molecular complexity index is 871. The first-order valence-corrected chi connectivity index (χ1v) is 8.01. The van der Waals surface area contributed by atoms with Crippen LogP contribution in [0.15, 0.2) is 48.0 Å². The fourth-order valence-corrected chi connectivity index (χ4v) is 2.33. The highest BCUT2D eigenvalue weighted by Crippen LogP contribution is 2.34. The zero-order chi connectivity index (χ0) is 19.8. The van der Waals surface area contributed by atoms with Crippen LogP contribution in [0.5, 0.6) is 17.2 Å². The third kappa shape index (κ3) is 5.05. The number of ketones is 1. The Labute approximate surface area is 155 Å². The van der Waals surface area contributed by atoms with Crippen LogP contribution in [0.3, 0.4) is 0 Å². The number of methoxy groups -OCH3 is 1. The lowest BCUT2D eigenvalue weighted by Gasteiger charge is -2.13. The van der Waals surface area contributed by atoms with Crippen LogP contribution >= 0.6 is 0 Å². The van der Waals surface area contributed by atoms with Crippen LogP contribution in [0.1, 0.15) is 22.8 Å². The Morgan fingerprint density at radius 3 is 2.48 bits per heavy atom. The minimum atomic E-state index is -3.08. The normalized spacial score (nSPS) is 11.0. The van der Waals surface area contributed by atoms with Crippen LogP contribution in [-0.4, -0.2) is 26.1 Å². The molecule has 0 amide bonds. The number of Topliss-reactive ketones (excluding diaryl/α,β-unsaturated/α-hetero) is 1. The molecule has 0 fully saturated rings. The molecule has 27 heavy (non-hydrogen) atoms. The molecule has 5 nitrogen and oxygen atoms in total. The summed E-state index contributed by atoms with van der Waals surface area (Å²) in [6.07, 6.45) is 1.20. The highest BCUT2D eigenvalue weighted by Gasteiger charge is 2.18. The number of hydrogen-bond donors (Lipinski definition) is 0. The average molecular weight is 373 g/mol. The zero-order valence-corrected chi connectivity index (χ0v) is 14.7. The molecule has 0 spiro atoms. The number of para-hydroxylation sites is 1. The van der Waals surface area contributed by atoms with Gasteiger partial charge in [-0.2, -0.15) is 14.0 Å². The molecule has 2 aromatic carbocycles. The molecule has 0 atom stereocenters. The maximum absolute atomic E-state index is 12.8. The third-order valence-corrected chi connectivity index (χ3v) is 3.53. The Kier molecular flexibility index (Phi) is 6.89. The highest BCUT2D eigenvalue weighted by atomic mass is 19.3. The van der Waals surface area contributed by atoms with Crippen molar-refractivity contribution in [2.45, 2.75) is 13.5 Å². The van der Waals surface area contributed by atoms with E-state index in [0.29, 0.717) is 5.75 Å². The molecule has 7 heteroatoms. The van der Waals surface area contributed by atoms with E-state index in [-0.39, 0.29) is 34.8 Å². The lowest BCUT2D eigenvalue weighted by atomic mass is 10.0. The molecule has 2 aromatic rings. The lowest BCUT2D eigenvalue weighted by molar-refractivity contribution is -0.0515. The minimum absolute atomic E-state index is 0.0979. The number of carbonyl (C=O) groups excluding carboxylic acids is 1. The van der Waals surface area contributed by atoms with Crippen molar-refractivity contribution >= 4 is 11.9 Å². The maximum Gasteiger partial charge on any atom is 0.387 e. The third-order valence-electron chi connectivity index (χ3n) is 3.53. The molecule has 0 bridgehead atoms. The van der Waals surface area contributed by atoms with Crippen molar-refractivity contribution < 1.29 is 27.8 Å². The average Bonchev–Trinajstić information content (AvgIpc) is 2.67. The molecule has 0 heterocycles. The number of alkyl halides is 2. The number of ether oxygens (including phenoxy) is 3. The van der Waals surface area contributed by atoms with Crippen LogP contribution < -0.4 is 14.2 Å². The number of rotatable bonds is 8. The van der Waals surface area contributed by atoms with Gasteiger partial charge in [-0.3, -0.25) is 4.79 Å². The first-order chi connectivity index (χ1) is 13.0. The van der Waals surface area contributed by atoms with Crippen LogP contribution in [0, 0.1) is 11.3 Å². The summed E-state index contributed by atoms with van der Waals surface area (Å²) < 4.78 is 40.5. The maximum atomic E-state index is 12.8. The first kappa shape index (κ1) is 19.9. The van der Waals surface area contributed by atoms with E-state index in [0.717, 1.165) is 0 Å². The highest BCUT2D eigenvalue weighted by molar-refractivity contribution is 6.14. The van der Waals surface area contributed by atoms with E-state index in [9.17, 15) is 18.8 Å². The van der Waals surface area contributed by atoms with Crippen LogP contribution in [0.4, 0.5) is 8.78 Å². The molecule has 0 unspecified atom stereocenters. The molecule has 2 rings (SSSR count). The van der Waals surface area contributed by atoms with Crippen molar-refractivity contribution in [3.8, 4) is 23.3 Å². The number of benzene rings is 2. The topological polar surface area (TPSA) is 68.5 Å². The van der Waals surface area contributed by atoms with Gasteiger partial charge in [-0.1, -0.05) is 12.1 Å². The number of carbonyl (C=O) groups is 1. The Morgan fingerprint density at radius 2 is 1.93 bits per heavy atom. The molecule has 0 aliphatic heterocycles. The quantitative estimate of drug-likeness (QED) is 0.388.